The summed E-state index contributed by atoms with van der Waals surface area (Å²) >= 11 is 0. The van der Waals surface area contributed by atoms with Crippen LogP contribution in [0.4, 0.5) is 0 Å². The van der Waals surface area contributed by atoms with Gasteiger partial charge in [-0.2, -0.15) is 5.10 Å². The summed E-state index contributed by atoms with van der Waals surface area (Å²) < 4.78 is 2.06. The minimum Gasteiger partial charge on any atom is -0.313 e. The van der Waals surface area contributed by atoms with E-state index < -0.39 is 0 Å². The topological polar surface area (TPSA) is 29.9 Å². The normalized spacial score (nSPS) is 11.0. The second-order valence-electron chi connectivity index (χ2n) is 5.11. The van der Waals surface area contributed by atoms with Gasteiger partial charge in [0.05, 0.1) is 11.4 Å². The van der Waals surface area contributed by atoms with Crippen molar-refractivity contribution in [3.05, 3.63) is 46.3 Å². The van der Waals surface area contributed by atoms with Crippen LogP contribution in [0.3, 0.4) is 0 Å². The van der Waals surface area contributed by atoms with E-state index in [4.69, 9.17) is 0 Å². The van der Waals surface area contributed by atoms with Gasteiger partial charge in [-0.05, 0) is 57.0 Å². The van der Waals surface area contributed by atoms with Crippen molar-refractivity contribution in [2.45, 2.75) is 41.2 Å². The van der Waals surface area contributed by atoms with Crippen LogP contribution in [0.1, 0.15) is 35.0 Å². The largest absolute Gasteiger partial charge is 0.313 e. The molecule has 0 aliphatic carbocycles. The zero-order valence-electron chi connectivity index (χ0n) is 12.5. The van der Waals surface area contributed by atoms with Crippen molar-refractivity contribution in [3.63, 3.8) is 0 Å². The van der Waals surface area contributed by atoms with Crippen LogP contribution in [-0.4, -0.2) is 16.3 Å². The molecule has 0 bridgehead atoms. The highest BCUT2D eigenvalue weighted by molar-refractivity contribution is 5.45. The Labute approximate surface area is 115 Å². The molecule has 0 atom stereocenters. The zero-order valence-corrected chi connectivity index (χ0v) is 12.5. The highest BCUT2D eigenvalue weighted by Gasteiger charge is 2.11. The van der Waals surface area contributed by atoms with Crippen molar-refractivity contribution in [2.24, 2.45) is 0 Å². The summed E-state index contributed by atoms with van der Waals surface area (Å²) in [4.78, 5) is 0. The number of aryl methyl sites for hydroxylation is 2. The maximum atomic E-state index is 4.66. The smallest absolute Gasteiger partial charge is 0.0681 e. The average Bonchev–Trinajstić information content (AvgIpc) is 2.65. The Bertz CT molecular complexity index is 582. The first-order valence-electron chi connectivity index (χ1n) is 6.88. The van der Waals surface area contributed by atoms with Crippen LogP contribution < -0.4 is 5.32 Å². The highest BCUT2D eigenvalue weighted by atomic mass is 15.3. The molecule has 102 valence electrons. The number of aromatic nitrogens is 2. The van der Waals surface area contributed by atoms with Crippen LogP contribution in [0, 0.1) is 27.7 Å². The van der Waals surface area contributed by atoms with Gasteiger partial charge in [-0.3, -0.25) is 0 Å². The summed E-state index contributed by atoms with van der Waals surface area (Å²) in [6, 6.07) is 6.59. The predicted octanol–water partition coefficient (Wildman–Crippen LogP) is 3.22. The van der Waals surface area contributed by atoms with Crippen molar-refractivity contribution < 1.29 is 0 Å². The molecule has 3 heteroatoms. The average molecular weight is 257 g/mol. The number of hydrogen-bond donors (Lipinski definition) is 1. The fraction of sp³-hybridized carbons (Fsp3) is 0.438. The number of benzene rings is 1. The SMILES string of the molecule is CCNCc1ccc(C)c(-n2nc(C)c(C)c2C)c1. The summed E-state index contributed by atoms with van der Waals surface area (Å²) in [6.45, 7) is 12.5. The van der Waals surface area contributed by atoms with Crippen LogP contribution in [0.25, 0.3) is 5.69 Å². The molecule has 0 unspecified atom stereocenters. The van der Waals surface area contributed by atoms with Crippen LogP contribution in [0.5, 0.6) is 0 Å². The number of nitrogens with one attached hydrogen (secondary N) is 1. The Kier molecular flexibility index (Phi) is 4.05. The van der Waals surface area contributed by atoms with Crippen LogP contribution in [-0.2, 0) is 6.54 Å². The van der Waals surface area contributed by atoms with Crippen molar-refractivity contribution in [1.82, 2.24) is 15.1 Å². The van der Waals surface area contributed by atoms with E-state index >= 15 is 0 Å². The van der Waals surface area contributed by atoms with E-state index in [2.05, 4.69) is 67.9 Å². The highest BCUT2D eigenvalue weighted by Crippen LogP contribution is 2.21. The van der Waals surface area contributed by atoms with Gasteiger partial charge in [0.25, 0.3) is 0 Å². The Morgan fingerprint density at radius 3 is 2.47 bits per heavy atom. The Hall–Kier alpha value is -1.61. The number of nitrogens with zero attached hydrogens (tertiary/aromatic N) is 2. The summed E-state index contributed by atoms with van der Waals surface area (Å²) in [5, 5.41) is 8.02. The van der Waals surface area contributed by atoms with Crippen molar-refractivity contribution in [1.29, 1.82) is 0 Å². The summed E-state index contributed by atoms with van der Waals surface area (Å²) in [5.41, 5.74) is 7.34. The van der Waals surface area contributed by atoms with Gasteiger partial charge in [-0.15, -0.1) is 0 Å². The molecule has 2 aromatic rings. The first-order chi connectivity index (χ1) is 9.04. The lowest BCUT2D eigenvalue weighted by Gasteiger charge is -2.11. The first-order valence-corrected chi connectivity index (χ1v) is 6.88. The maximum absolute atomic E-state index is 4.66. The van der Waals surface area contributed by atoms with E-state index in [-0.39, 0.29) is 0 Å². The summed E-state index contributed by atoms with van der Waals surface area (Å²) in [6.07, 6.45) is 0. The van der Waals surface area contributed by atoms with E-state index in [1.807, 2.05) is 0 Å². The fourth-order valence-electron chi connectivity index (χ4n) is 2.22. The van der Waals surface area contributed by atoms with Crippen molar-refractivity contribution in [2.75, 3.05) is 6.54 Å². The molecule has 0 amide bonds. The molecule has 1 aromatic carbocycles. The van der Waals surface area contributed by atoms with Gasteiger partial charge in [0.2, 0.25) is 0 Å². The van der Waals surface area contributed by atoms with Crippen molar-refractivity contribution >= 4 is 0 Å². The third-order valence-corrected chi connectivity index (χ3v) is 3.73. The monoisotopic (exact) mass is 257 g/mol. The van der Waals surface area contributed by atoms with E-state index in [1.165, 1.54) is 28.1 Å². The van der Waals surface area contributed by atoms with E-state index in [0.717, 1.165) is 18.8 Å². The van der Waals surface area contributed by atoms with Gasteiger partial charge in [0.15, 0.2) is 0 Å². The number of rotatable bonds is 4. The second-order valence-corrected chi connectivity index (χ2v) is 5.11. The minimum atomic E-state index is 0.905. The molecule has 19 heavy (non-hydrogen) atoms. The molecule has 3 nitrogen and oxygen atoms in total. The van der Waals surface area contributed by atoms with Gasteiger partial charge in [0, 0.05) is 12.2 Å². The lowest BCUT2D eigenvalue weighted by Crippen LogP contribution is -2.12. The molecule has 0 saturated heterocycles. The molecule has 0 spiro atoms. The molecule has 0 saturated carbocycles. The lowest BCUT2D eigenvalue weighted by atomic mass is 10.1. The molecule has 2 rings (SSSR count). The molecule has 0 aliphatic rings. The van der Waals surface area contributed by atoms with Gasteiger partial charge in [0.1, 0.15) is 0 Å². The van der Waals surface area contributed by atoms with E-state index in [1.54, 1.807) is 0 Å². The quantitative estimate of drug-likeness (QED) is 0.911. The lowest BCUT2D eigenvalue weighted by molar-refractivity contribution is 0.724. The van der Waals surface area contributed by atoms with Crippen LogP contribution in [0.2, 0.25) is 0 Å². The standard InChI is InChI=1S/C16H23N3/c1-6-17-10-15-8-7-11(2)16(9-15)19-14(5)12(3)13(4)18-19/h7-9,17H,6,10H2,1-5H3. The Balaban J connectivity index is 2.45. The Morgan fingerprint density at radius 2 is 1.89 bits per heavy atom. The third-order valence-electron chi connectivity index (χ3n) is 3.73. The van der Waals surface area contributed by atoms with E-state index in [0.29, 0.717) is 0 Å². The zero-order chi connectivity index (χ0) is 14.0. The fourth-order valence-corrected chi connectivity index (χ4v) is 2.22. The van der Waals surface area contributed by atoms with Gasteiger partial charge in [-0.25, -0.2) is 4.68 Å². The van der Waals surface area contributed by atoms with Crippen LogP contribution in [0.15, 0.2) is 18.2 Å². The van der Waals surface area contributed by atoms with E-state index in [9.17, 15) is 0 Å². The molecule has 1 aromatic heterocycles. The third kappa shape index (κ3) is 2.71. The molecule has 1 heterocycles. The second kappa shape index (κ2) is 5.57. The van der Waals surface area contributed by atoms with Gasteiger partial charge >= 0.3 is 0 Å². The molecule has 1 N–H and O–H groups in total. The first kappa shape index (κ1) is 13.8. The van der Waals surface area contributed by atoms with Gasteiger partial charge < -0.3 is 5.32 Å². The van der Waals surface area contributed by atoms with Crippen LogP contribution >= 0.6 is 0 Å². The molecule has 0 radical (unpaired) electrons. The summed E-state index contributed by atoms with van der Waals surface area (Å²) in [7, 11) is 0. The Morgan fingerprint density at radius 1 is 1.16 bits per heavy atom. The number of hydrogen-bond acceptors (Lipinski definition) is 2. The van der Waals surface area contributed by atoms with Gasteiger partial charge in [-0.1, -0.05) is 19.1 Å². The molecular formula is C16H23N3. The molecule has 0 fully saturated rings. The molecular weight excluding hydrogens is 234 g/mol. The predicted molar refractivity (Wildman–Crippen MR) is 79.9 cm³/mol. The summed E-state index contributed by atoms with van der Waals surface area (Å²) in [5.74, 6) is 0. The maximum Gasteiger partial charge on any atom is 0.0681 e. The molecule has 0 aliphatic heterocycles. The van der Waals surface area contributed by atoms with Crippen molar-refractivity contribution in [3.8, 4) is 5.69 Å². The minimum absolute atomic E-state index is 0.905.